The van der Waals surface area contributed by atoms with Crippen molar-refractivity contribution >= 4 is 17.5 Å². The number of nitrogens with one attached hydrogen (secondary N) is 1. The molecular formula is C15H28ClNO. The fourth-order valence-electron chi connectivity index (χ4n) is 2.89. The van der Waals surface area contributed by atoms with Crippen molar-refractivity contribution in [3.05, 3.63) is 0 Å². The van der Waals surface area contributed by atoms with Crippen LogP contribution < -0.4 is 5.32 Å². The van der Waals surface area contributed by atoms with Crippen LogP contribution in [-0.2, 0) is 4.79 Å². The summed E-state index contributed by atoms with van der Waals surface area (Å²) in [6, 6.07) is 0. The van der Waals surface area contributed by atoms with E-state index in [1.165, 1.54) is 38.5 Å². The zero-order valence-corrected chi connectivity index (χ0v) is 12.5. The number of hydrogen-bond acceptors (Lipinski definition) is 1. The van der Waals surface area contributed by atoms with Crippen LogP contribution in [0.15, 0.2) is 0 Å². The molecule has 18 heavy (non-hydrogen) atoms. The second-order valence-corrected chi connectivity index (χ2v) is 6.02. The number of alkyl halides is 1. The van der Waals surface area contributed by atoms with Gasteiger partial charge in [-0.1, -0.05) is 32.6 Å². The Morgan fingerprint density at radius 3 is 2.61 bits per heavy atom. The molecule has 1 rings (SSSR count). The lowest BCUT2D eigenvalue weighted by Gasteiger charge is -2.22. The molecule has 0 aliphatic heterocycles. The highest BCUT2D eigenvalue weighted by molar-refractivity contribution is 6.17. The van der Waals surface area contributed by atoms with Gasteiger partial charge in [0.2, 0.25) is 5.91 Å². The first-order valence-corrected chi connectivity index (χ1v) is 8.12. The molecule has 0 heterocycles. The third kappa shape index (κ3) is 6.63. The third-order valence-electron chi connectivity index (χ3n) is 4.00. The van der Waals surface area contributed by atoms with Crippen molar-refractivity contribution < 1.29 is 4.79 Å². The molecule has 1 saturated carbocycles. The monoisotopic (exact) mass is 273 g/mol. The molecule has 1 aliphatic carbocycles. The first-order chi connectivity index (χ1) is 8.76. The lowest BCUT2D eigenvalue weighted by molar-refractivity contribution is -0.122. The molecule has 0 spiro atoms. The van der Waals surface area contributed by atoms with Gasteiger partial charge in [0.25, 0.3) is 0 Å². The zero-order chi connectivity index (χ0) is 13.2. The van der Waals surface area contributed by atoms with E-state index in [1.54, 1.807) is 0 Å². The molecular weight excluding hydrogens is 246 g/mol. The van der Waals surface area contributed by atoms with Crippen LogP contribution in [0.2, 0.25) is 0 Å². The average molecular weight is 274 g/mol. The molecule has 106 valence electrons. The lowest BCUT2D eigenvalue weighted by Crippen LogP contribution is -2.31. The van der Waals surface area contributed by atoms with Gasteiger partial charge in [0.1, 0.15) is 0 Å². The van der Waals surface area contributed by atoms with Gasteiger partial charge in [-0.3, -0.25) is 4.79 Å². The van der Waals surface area contributed by atoms with E-state index in [1.807, 2.05) is 0 Å². The minimum absolute atomic E-state index is 0.248. The Morgan fingerprint density at radius 1 is 1.28 bits per heavy atom. The average Bonchev–Trinajstić information content (AvgIpc) is 2.38. The van der Waals surface area contributed by atoms with Crippen LogP contribution in [0.5, 0.6) is 0 Å². The van der Waals surface area contributed by atoms with Gasteiger partial charge in [0.05, 0.1) is 0 Å². The van der Waals surface area contributed by atoms with E-state index in [0.29, 0.717) is 17.7 Å². The topological polar surface area (TPSA) is 29.1 Å². The Balaban J connectivity index is 2.17. The van der Waals surface area contributed by atoms with Crippen molar-refractivity contribution in [3.8, 4) is 0 Å². The maximum absolute atomic E-state index is 11.9. The van der Waals surface area contributed by atoms with E-state index in [-0.39, 0.29) is 5.91 Å². The van der Waals surface area contributed by atoms with Crippen molar-refractivity contribution in [2.45, 2.75) is 64.7 Å². The molecule has 0 radical (unpaired) electrons. The summed E-state index contributed by atoms with van der Waals surface area (Å²) in [6.45, 7) is 3.00. The first kappa shape index (κ1) is 15.8. The smallest absolute Gasteiger partial charge is 0.220 e. The summed E-state index contributed by atoms with van der Waals surface area (Å²) < 4.78 is 0. The zero-order valence-electron chi connectivity index (χ0n) is 11.7. The largest absolute Gasteiger partial charge is 0.356 e. The van der Waals surface area contributed by atoms with Crippen molar-refractivity contribution in [3.63, 3.8) is 0 Å². The Labute approximate surface area is 117 Å². The van der Waals surface area contributed by atoms with E-state index < -0.39 is 0 Å². The molecule has 0 aromatic rings. The summed E-state index contributed by atoms with van der Waals surface area (Å²) in [5.41, 5.74) is 0. The fourth-order valence-corrected chi connectivity index (χ4v) is 3.20. The molecule has 1 amide bonds. The van der Waals surface area contributed by atoms with Crippen molar-refractivity contribution in [2.75, 3.05) is 12.4 Å². The van der Waals surface area contributed by atoms with E-state index >= 15 is 0 Å². The van der Waals surface area contributed by atoms with Crippen molar-refractivity contribution in [1.82, 2.24) is 5.32 Å². The predicted octanol–water partition coefficient (Wildman–Crippen LogP) is 4.12. The Kier molecular flexibility index (Phi) is 8.49. The molecule has 1 aliphatic rings. The van der Waals surface area contributed by atoms with Crippen LogP contribution in [0.25, 0.3) is 0 Å². The van der Waals surface area contributed by atoms with Crippen molar-refractivity contribution in [1.29, 1.82) is 0 Å². The standard InChI is InChI=1S/C15H28ClNO/c1-2-6-14(9-10-16)12-17-15(18)11-13-7-4-3-5-8-13/h13-14H,2-12H2,1H3,(H,17,18). The number of rotatable bonds is 8. The van der Waals surface area contributed by atoms with E-state index in [0.717, 1.165) is 25.8 Å². The summed E-state index contributed by atoms with van der Waals surface area (Å²) in [4.78, 5) is 11.9. The van der Waals surface area contributed by atoms with Gasteiger partial charge in [-0.2, -0.15) is 0 Å². The van der Waals surface area contributed by atoms with Crippen LogP contribution >= 0.6 is 11.6 Å². The highest BCUT2D eigenvalue weighted by Gasteiger charge is 2.17. The summed E-state index contributed by atoms with van der Waals surface area (Å²) in [7, 11) is 0. The van der Waals surface area contributed by atoms with Gasteiger partial charge in [0.15, 0.2) is 0 Å². The molecule has 0 bridgehead atoms. The Hall–Kier alpha value is -0.240. The van der Waals surface area contributed by atoms with Gasteiger partial charge in [0, 0.05) is 18.8 Å². The summed E-state index contributed by atoms with van der Waals surface area (Å²) in [5, 5.41) is 3.10. The minimum Gasteiger partial charge on any atom is -0.356 e. The molecule has 1 fully saturated rings. The number of amides is 1. The van der Waals surface area contributed by atoms with E-state index in [4.69, 9.17) is 11.6 Å². The summed E-state index contributed by atoms with van der Waals surface area (Å²) in [5.74, 6) is 2.14. The molecule has 0 aromatic heterocycles. The second-order valence-electron chi connectivity index (χ2n) is 5.64. The van der Waals surface area contributed by atoms with E-state index in [9.17, 15) is 4.79 Å². The van der Waals surface area contributed by atoms with Gasteiger partial charge in [-0.15, -0.1) is 11.6 Å². The summed E-state index contributed by atoms with van der Waals surface area (Å²) >= 11 is 5.79. The molecule has 0 saturated heterocycles. The lowest BCUT2D eigenvalue weighted by atomic mass is 9.87. The van der Waals surface area contributed by atoms with Crippen molar-refractivity contribution in [2.24, 2.45) is 11.8 Å². The molecule has 2 nitrogen and oxygen atoms in total. The molecule has 1 unspecified atom stereocenters. The Bertz CT molecular complexity index is 221. The van der Waals surface area contributed by atoms with Crippen LogP contribution in [0, 0.1) is 11.8 Å². The van der Waals surface area contributed by atoms with Crippen LogP contribution in [0.4, 0.5) is 0 Å². The highest BCUT2D eigenvalue weighted by Crippen LogP contribution is 2.26. The maximum atomic E-state index is 11.9. The number of carbonyl (C=O) groups excluding carboxylic acids is 1. The Morgan fingerprint density at radius 2 is 2.00 bits per heavy atom. The van der Waals surface area contributed by atoms with Gasteiger partial charge < -0.3 is 5.32 Å². The summed E-state index contributed by atoms with van der Waals surface area (Å²) in [6.07, 6.45) is 10.5. The molecule has 3 heteroatoms. The SMILES string of the molecule is CCCC(CCCl)CNC(=O)CC1CCCCC1. The normalized spacial score (nSPS) is 18.6. The number of hydrogen-bond donors (Lipinski definition) is 1. The molecule has 0 aromatic carbocycles. The third-order valence-corrected chi connectivity index (χ3v) is 4.22. The minimum atomic E-state index is 0.248. The van der Waals surface area contributed by atoms with Crippen LogP contribution in [0.1, 0.15) is 64.7 Å². The quantitative estimate of drug-likeness (QED) is 0.662. The maximum Gasteiger partial charge on any atom is 0.220 e. The first-order valence-electron chi connectivity index (χ1n) is 7.59. The molecule has 1 atom stereocenters. The second kappa shape index (κ2) is 9.66. The van der Waals surface area contributed by atoms with Gasteiger partial charge >= 0.3 is 0 Å². The molecule has 1 N–H and O–H groups in total. The number of carbonyl (C=O) groups is 1. The highest BCUT2D eigenvalue weighted by atomic mass is 35.5. The van der Waals surface area contributed by atoms with Gasteiger partial charge in [-0.05, 0) is 37.5 Å². The number of halogens is 1. The van der Waals surface area contributed by atoms with Crippen LogP contribution in [0.3, 0.4) is 0 Å². The van der Waals surface area contributed by atoms with Gasteiger partial charge in [-0.25, -0.2) is 0 Å². The predicted molar refractivity (Wildman–Crippen MR) is 77.9 cm³/mol. The fraction of sp³-hybridized carbons (Fsp3) is 0.933. The van der Waals surface area contributed by atoms with E-state index in [2.05, 4.69) is 12.2 Å². The van der Waals surface area contributed by atoms with Crippen LogP contribution in [-0.4, -0.2) is 18.3 Å².